The van der Waals surface area contributed by atoms with Crippen LogP contribution >= 0.6 is 0 Å². The van der Waals surface area contributed by atoms with Gasteiger partial charge in [0.1, 0.15) is 6.04 Å². The first-order valence-electron chi connectivity index (χ1n) is 12.2. The number of carbonyl (C=O) groups is 2. The molecular weight excluding hydrogens is 408 g/mol. The zero-order chi connectivity index (χ0) is 23.0. The van der Waals surface area contributed by atoms with Gasteiger partial charge in [0.2, 0.25) is 11.8 Å². The van der Waals surface area contributed by atoms with Gasteiger partial charge in [-0.15, -0.1) is 0 Å². The van der Waals surface area contributed by atoms with Crippen molar-refractivity contribution >= 4 is 22.6 Å². The molecule has 0 radical (unpaired) electrons. The van der Waals surface area contributed by atoms with Crippen LogP contribution in [0.5, 0.6) is 0 Å². The fraction of sp³-hybridized carbons (Fsp3) is 0.379. The molecule has 0 heterocycles. The molecule has 4 nitrogen and oxygen atoms in total. The maximum atomic E-state index is 13.4. The van der Waals surface area contributed by atoms with Gasteiger partial charge in [0.05, 0.1) is 0 Å². The summed E-state index contributed by atoms with van der Waals surface area (Å²) in [6, 6.07) is 24.2. The van der Waals surface area contributed by atoms with Gasteiger partial charge in [-0.1, -0.05) is 92.1 Å². The zero-order valence-corrected chi connectivity index (χ0v) is 19.5. The SMILES string of the molecule is C[C@H](C(=O)NC1CCCCC1)N(Cc1ccccc1)C(=O)CCc1cccc2ccccc12. The smallest absolute Gasteiger partial charge is 0.242 e. The lowest BCUT2D eigenvalue weighted by molar-refractivity contribution is -0.141. The van der Waals surface area contributed by atoms with E-state index in [1.165, 1.54) is 22.8 Å². The van der Waals surface area contributed by atoms with E-state index in [0.29, 0.717) is 19.4 Å². The van der Waals surface area contributed by atoms with Crippen LogP contribution in [0.1, 0.15) is 56.6 Å². The van der Waals surface area contributed by atoms with Gasteiger partial charge in [0.25, 0.3) is 0 Å². The van der Waals surface area contributed by atoms with E-state index < -0.39 is 6.04 Å². The van der Waals surface area contributed by atoms with Crippen molar-refractivity contribution in [3.05, 3.63) is 83.9 Å². The molecule has 1 aliphatic carbocycles. The van der Waals surface area contributed by atoms with Crippen LogP contribution in [0.2, 0.25) is 0 Å². The first-order chi connectivity index (χ1) is 16.1. The van der Waals surface area contributed by atoms with Gasteiger partial charge in [-0.3, -0.25) is 9.59 Å². The van der Waals surface area contributed by atoms with Gasteiger partial charge in [-0.25, -0.2) is 0 Å². The highest BCUT2D eigenvalue weighted by molar-refractivity contribution is 5.89. The Bertz CT molecular complexity index is 1070. The third-order valence-electron chi connectivity index (χ3n) is 6.80. The number of rotatable bonds is 8. The van der Waals surface area contributed by atoms with Gasteiger partial charge in [0, 0.05) is 19.0 Å². The fourth-order valence-corrected chi connectivity index (χ4v) is 4.83. The first-order valence-corrected chi connectivity index (χ1v) is 12.2. The predicted molar refractivity (Wildman–Crippen MR) is 134 cm³/mol. The maximum absolute atomic E-state index is 13.4. The number of aryl methyl sites for hydroxylation is 1. The van der Waals surface area contributed by atoms with Crippen molar-refractivity contribution in [3.63, 3.8) is 0 Å². The Hall–Kier alpha value is -3.14. The lowest BCUT2D eigenvalue weighted by atomic mass is 9.95. The minimum atomic E-state index is -0.507. The summed E-state index contributed by atoms with van der Waals surface area (Å²) >= 11 is 0. The summed E-state index contributed by atoms with van der Waals surface area (Å²) in [6.07, 6.45) is 6.67. The van der Waals surface area contributed by atoms with Gasteiger partial charge in [-0.2, -0.15) is 0 Å². The van der Waals surface area contributed by atoms with Crippen molar-refractivity contribution in [2.24, 2.45) is 0 Å². The van der Waals surface area contributed by atoms with Crippen molar-refractivity contribution in [2.75, 3.05) is 0 Å². The van der Waals surface area contributed by atoms with Crippen molar-refractivity contribution < 1.29 is 9.59 Å². The van der Waals surface area contributed by atoms with Gasteiger partial charge >= 0.3 is 0 Å². The molecule has 1 N–H and O–H groups in total. The summed E-state index contributed by atoms with van der Waals surface area (Å²) in [4.78, 5) is 28.3. The molecule has 172 valence electrons. The molecule has 1 saturated carbocycles. The normalized spacial score (nSPS) is 15.2. The second-order valence-electron chi connectivity index (χ2n) is 9.17. The number of carbonyl (C=O) groups excluding carboxylic acids is 2. The van der Waals surface area contributed by atoms with Crippen molar-refractivity contribution in [1.29, 1.82) is 0 Å². The molecule has 4 heteroatoms. The minimum Gasteiger partial charge on any atom is -0.352 e. The molecular formula is C29H34N2O2. The Morgan fingerprint density at radius 2 is 1.61 bits per heavy atom. The summed E-state index contributed by atoms with van der Waals surface area (Å²) in [5.41, 5.74) is 2.20. The van der Waals surface area contributed by atoms with E-state index in [0.717, 1.165) is 31.2 Å². The lowest BCUT2D eigenvalue weighted by Gasteiger charge is -2.31. The van der Waals surface area contributed by atoms with E-state index in [1.807, 2.05) is 55.5 Å². The number of nitrogens with zero attached hydrogens (tertiary/aromatic N) is 1. The predicted octanol–water partition coefficient (Wildman–Crippen LogP) is 5.64. The topological polar surface area (TPSA) is 49.4 Å². The van der Waals surface area contributed by atoms with Crippen molar-refractivity contribution in [1.82, 2.24) is 10.2 Å². The van der Waals surface area contributed by atoms with Crippen LogP contribution < -0.4 is 5.32 Å². The Morgan fingerprint density at radius 3 is 2.39 bits per heavy atom. The van der Waals surface area contributed by atoms with Crippen LogP contribution in [0.4, 0.5) is 0 Å². The van der Waals surface area contributed by atoms with Crippen LogP contribution in [0.15, 0.2) is 72.8 Å². The van der Waals surface area contributed by atoms with E-state index in [9.17, 15) is 9.59 Å². The molecule has 0 aliphatic heterocycles. The Labute approximate surface area is 197 Å². The number of hydrogen-bond donors (Lipinski definition) is 1. The molecule has 33 heavy (non-hydrogen) atoms. The summed E-state index contributed by atoms with van der Waals surface area (Å²) in [5.74, 6) is -0.0329. The van der Waals surface area contributed by atoms with E-state index in [1.54, 1.807) is 4.90 Å². The highest BCUT2D eigenvalue weighted by atomic mass is 16.2. The average molecular weight is 443 g/mol. The standard InChI is InChI=1S/C29H34N2O2/c1-22(29(33)30-26-16-6-3-7-17-26)31(21-23-11-4-2-5-12-23)28(32)20-19-25-15-10-14-24-13-8-9-18-27(24)25/h2,4-5,8-15,18,22,26H,3,6-7,16-17,19-21H2,1H3,(H,30,33)/t22-/m1/s1. The molecule has 0 bridgehead atoms. The summed E-state index contributed by atoms with van der Waals surface area (Å²) in [7, 11) is 0. The lowest BCUT2D eigenvalue weighted by Crippen LogP contribution is -2.50. The van der Waals surface area contributed by atoms with Crippen LogP contribution in [0.25, 0.3) is 10.8 Å². The van der Waals surface area contributed by atoms with Gasteiger partial charge in [0.15, 0.2) is 0 Å². The highest BCUT2D eigenvalue weighted by Crippen LogP contribution is 2.21. The van der Waals surface area contributed by atoms with Crippen molar-refractivity contribution in [3.8, 4) is 0 Å². The third kappa shape index (κ3) is 6.01. The quantitative estimate of drug-likeness (QED) is 0.491. The molecule has 4 rings (SSSR count). The monoisotopic (exact) mass is 442 g/mol. The van der Waals surface area contributed by atoms with E-state index >= 15 is 0 Å². The Morgan fingerprint density at radius 1 is 0.909 bits per heavy atom. The average Bonchev–Trinajstić information content (AvgIpc) is 2.86. The van der Waals surface area contributed by atoms with Gasteiger partial charge in [-0.05, 0) is 48.1 Å². The Balaban J connectivity index is 1.48. The first kappa shape index (κ1) is 23.0. The molecule has 1 atom stereocenters. The number of amides is 2. The largest absolute Gasteiger partial charge is 0.352 e. The van der Waals surface area contributed by atoms with Crippen molar-refractivity contribution in [2.45, 2.75) is 70.5 Å². The van der Waals surface area contributed by atoms with Crippen LogP contribution in [-0.4, -0.2) is 28.8 Å². The molecule has 1 fully saturated rings. The number of fused-ring (bicyclic) bond motifs is 1. The highest BCUT2D eigenvalue weighted by Gasteiger charge is 2.28. The molecule has 1 aliphatic rings. The molecule has 0 aromatic heterocycles. The number of hydrogen-bond acceptors (Lipinski definition) is 2. The van der Waals surface area contributed by atoms with Gasteiger partial charge < -0.3 is 10.2 Å². The summed E-state index contributed by atoms with van der Waals surface area (Å²) in [5, 5.41) is 5.57. The second-order valence-corrected chi connectivity index (χ2v) is 9.17. The number of nitrogens with one attached hydrogen (secondary N) is 1. The second kappa shape index (κ2) is 11.1. The molecule has 2 amide bonds. The van der Waals surface area contributed by atoms with Crippen LogP contribution in [0, 0.1) is 0 Å². The van der Waals surface area contributed by atoms with E-state index in [4.69, 9.17) is 0 Å². The maximum Gasteiger partial charge on any atom is 0.242 e. The molecule has 3 aromatic rings. The zero-order valence-electron chi connectivity index (χ0n) is 19.5. The third-order valence-corrected chi connectivity index (χ3v) is 6.80. The summed E-state index contributed by atoms with van der Waals surface area (Å²) < 4.78 is 0. The number of benzene rings is 3. The van der Waals surface area contributed by atoms with E-state index in [-0.39, 0.29) is 17.9 Å². The minimum absolute atomic E-state index is 0.0121. The summed E-state index contributed by atoms with van der Waals surface area (Å²) in [6.45, 7) is 2.30. The Kier molecular flexibility index (Phi) is 7.77. The molecule has 3 aromatic carbocycles. The van der Waals surface area contributed by atoms with E-state index in [2.05, 4.69) is 29.6 Å². The van der Waals surface area contributed by atoms with Crippen LogP contribution in [0.3, 0.4) is 0 Å². The molecule has 0 unspecified atom stereocenters. The molecule has 0 saturated heterocycles. The molecule has 0 spiro atoms. The van der Waals surface area contributed by atoms with Crippen LogP contribution in [-0.2, 0) is 22.6 Å². The fourth-order valence-electron chi connectivity index (χ4n) is 4.83.